The van der Waals surface area contributed by atoms with Gasteiger partial charge in [0, 0.05) is 13.1 Å². The van der Waals surface area contributed by atoms with Gasteiger partial charge in [0.25, 0.3) is 5.56 Å². The van der Waals surface area contributed by atoms with Gasteiger partial charge in [-0.05, 0) is 34.0 Å². The Morgan fingerprint density at radius 2 is 2.12 bits per heavy atom. The number of aromatic nitrogens is 2. The van der Waals surface area contributed by atoms with E-state index in [1.54, 1.807) is 0 Å². The molecule has 0 saturated carbocycles. The maximum Gasteiger partial charge on any atom is 0.271 e. The molecule has 1 rings (SSSR count). The van der Waals surface area contributed by atoms with Crippen LogP contribution in [0, 0.1) is 0 Å². The van der Waals surface area contributed by atoms with Crippen molar-refractivity contribution in [3.8, 4) is 0 Å². The second-order valence-electron chi connectivity index (χ2n) is 4.11. The molecule has 1 N–H and O–H groups in total. The van der Waals surface area contributed by atoms with E-state index >= 15 is 0 Å². The maximum absolute atomic E-state index is 11.4. The fourth-order valence-corrected chi connectivity index (χ4v) is 1.81. The molecule has 0 fully saturated rings. The fourth-order valence-electron chi connectivity index (χ4n) is 1.59. The number of nitrogens with zero attached hydrogens (tertiary/aromatic N) is 3. The summed E-state index contributed by atoms with van der Waals surface area (Å²) >= 11 is 5.95. The Morgan fingerprint density at radius 1 is 1.41 bits per heavy atom. The van der Waals surface area contributed by atoms with Crippen LogP contribution in [0.3, 0.4) is 0 Å². The molecule has 0 atom stereocenters. The molecule has 6 heteroatoms. The molecule has 0 aromatic carbocycles. The average Bonchev–Trinajstić information content (AvgIpc) is 2.28. The number of halogens is 1. The maximum atomic E-state index is 11.4. The Balaban J connectivity index is 2.73. The van der Waals surface area contributed by atoms with Crippen LogP contribution in [-0.2, 0) is 0 Å². The van der Waals surface area contributed by atoms with Gasteiger partial charge in [0.15, 0.2) is 5.82 Å². The summed E-state index contributed by atoms with van der Waals surface area (Å²) in [5.41, 5.74) is -0.289. The molecule has 96 valence electrons. The molecule has 0 aliphatic carbocycles. The van der Waals surface area contributed by atoms with E-state index in [1.165, 1.54) is 6.33 Å². The van der Waals surface area contributed by atoms with Gasteiger partial charge in [-0.1, -0.05) is 11.6 Å². The molecule has 1 aromatic heterocycles. The van der Waals surface area contributed by atoms with Crippen LogP contribution in [-0.4, -0.2) is 48.6 Å². The summed E-state index contributed by atoms with van der Waals surface area (Å²) in [6.45, 7) is 4.64. The first-order valence-electron chi connectivity index (χ1n) is 5.69. The van der Waals surface area contributed by atoms with Gasteiger partial charge < -0.3 is 14.8 Å². The topological polar surface area (TPSA) is 52.2 Å². The summed E-state index contributed by atoms with van der Waals surface area (Å²) in [5.74, 6) is 0.566. The lowest BCUT2D eigenvalue weighted by atomic mass is 10.3. The molecular formula is C11H19ClN4O. The normalized spacial score (nSPS) is 10.9. The lowest BCUT2D eigenvalue weighted by molar-refractivity contribution is 0.400. The molecule has 0 bridgehead atoms. The molecule has 1 aromatic rings. The zero-order valence-electron chi connectivity index (χ0n) is 10.5. The standard InChI is InChI=1S/C11H19ClN4O/c1-4-16(7-5-6-15(2)3)10-9(12)11(17)14-8-13-10/h8H,4-7H2,1-3H3,(H,13,14,17). The number of hydrogen-bond donors (Lipinski definition) is 1. The summed E-state index contributed by atoms with van der Waals surface area (Å²) in [7, 11) is 4.07. The van der Waals surface area contributed by atoms with Crippen molar-refractivity contribution in [3.63, 3.8) is 0 Å². The first kappa shape index (κ1) is 14.0. The van der Waals surface area contributed by atoms with Crippen LogP contribution >= 0.6 is 11.6 Å². The van der Waals surface area contributed by atoms with Gasteiger partial charge in [-0.25, -0.2) is 4.98 Å². The van der Waals surface area contributed by atoms with E-state index in [0.717, 1.165) is 26.1 Å². The van der Waals surface area contributed by atoms with Crippen LogP contribution in [0.1, 0.15) is 13.3 Å². The number of hydrogen-bond acceptors (Lipinski definition) is 4. The lowest BCUT2D eigenvalue weighted by Gasteiger charge is -2.23. The van der Waals surface area contributed by atoms with Crippen LogP contribution < -0.4 is 10.5 Å². The van der Waals surface area contributed by atoms with E-state index < -0.39 is 0 Å². The minimum atomic E-state index is -0.289. The zero-order chi connectivity index (χ0) is 12.8. The van der Waals surface area contributed by atoms with Crippen molar-refractivity contribution in [2.24, 2.45) is 0 Å². The third kappa shape index (κ3) is 4.02. The van der Waals surface area contributed by atoms with E-state index in [4.69, 9.17) is 11.6 Å². The zero-order valence-corrected chi connectivity index (χ0v) is 11.3. The third-order valence-corrected chi connectivity index (χ3v) is 2.83. The van der Waals surface area contributed by atoms with Crippen molar-refractivity contribution < 1.29 is 0 Å². The molecule has 17 heavy (non-hydrogen) atoms. The molecule has 5 nitrogen and oxygen atoms in total. The quantitative estimate of drug-likeness (QED) is 0.833. The van der Waals surface area contributed by atoms with Gasteiger partial charge in [0.05, 0.1) is 6.33 Å². The number of nitrogens with one attached hydrogen (secondary N) is 1. The molecule has 0 spiro atoms. The highest BCUT2D eigenvalue weighted by Crippen LogP contribution is 2.17. The van der Waals surface area contributed by atoms with Crippen molar-refractivity contribution in [2.45, 2.75) is 13.3 Å². The molecule has 0 amide bonds. The second kappa shape index (κ2) is 6.61. The van der Waals surface area contributed by atoms with Crippen LogP contribution in [0.4, 0.5) is 5.82 Å². The van der Waals surface area contributed by atoms with Crippen molar-refractivity contribution in [1.29, 1.82) is 0 Å². The number of rotatable bonds is 6. The Labute approximate surface area is 106 Å². The number of H-pyrrole nitrogens is 1. The van der Waals surface area contributed by atoms with E-state index in [1.807, 2.05) is 25.9 Å². The van der Waals surface area contributed by atoms with E-state index in [9.17, 15) is 4.79 Å². The summed E-state index contributed by atoms with van der Waals surface area (Å²) in [6.07, 6.45) is 2.39. The Morgan fingerprint density at radius 3 is 2.71 bits per heavy atom. The Kier molecular flexibility index (Phi) is 5.44. The molecule has 0 aliphatic rings. The second-order valence-corrected chi connectivity index (χ2v) is 4.48. The fraction of sp³-hybridized carbons (Fsp3) is 0.636. The van der Waals surface area contributed by atoms with Gasteiger partial charge in [-0.15, -0.1) is 0 Å². The molecular weight excluding hydrogens is 240 g/mol. The van der Waals surface area contributed by atoms with E-state index in [-0.39, 0.29) is 10.6 Å². The third-order valence-electron chi connectivity index (χ3n) is 2.49. The Bertz CT molecular complexity index is 405. The smallest absolute Gasteiger partial charge is 0.271 e. The van der Waals surface area contributed by atoms with Crippen LogP contribution in [0.2, 0.25) is 5.02 Å². The highest BCUT2D eigenvalue weighted by atomic mass is 35.5. The largest absolute Gasteiger partial charge is 0.355 e. The molecule has 0 aliphatic heterocycles. The molecule has 0 saturated heterocycles. The van der Waals surface area contributed by atoms with Crippen LogP contribution in [0.25, 0.3) is 0 Å². The minimum Gasteiger partial charge on any atom is -0.355 e. The molecule has 0 unspecified atom stereocenters. The average molecular weight is 259 g/mol. The SMILES string of the molecule is CCN(CCCN(C)C)c1nc[nH]c(=O)c1Cl. The number of anilines is 1. The van der Waals surface area contributed by atoms with Gasteiger partial charge in [0.2, 0.25) is 0 Å². The Hall–Kier alpha value is -1.07. The summed E-state index contributed by atoms with van der Waals surface area (Å²) in [4.78, 5) is 22.1. The molecule has 0 radical (unpaired) electrons. The number of aromatic amines is 1. The first-order chi connectivity index (χ1) is 8.06. The predicted octanol–water partition coefficient (Wildman–Crippen LogP) is 1.20. The highest BCUT2D eigenvalue weighted by molar-refractivity contribution is 6.32. The lowest BCUT2D eigenvalue weighted by Crippen LogP contribution is -2.29. The van der Waals surface area contributed by atoms with Gasteiger partial charge in [-0.3, -0.25) is 4.79 Å². The first-order valence-corrected chi connectivity index (χ1v) is 6.07. The van der Waals surface area contributed by atoms with Gasteiger partial charge in [-0.2, -0.15) is 0 Å². The van der Waals surface area contributed by atoms with Crippen molar-refractivity contribution >= 4 is 17.4 Å². The van der Waals surface area contributed by atoms with Crippen LogP contribution in [0.15, 0.2) is 11.1 Å². The van der Waals surface area contributed by atoms with Crippen LogP contribution in [0.5, 0.6) is 0 Å². The van der Waals surface area contributed by atoms with Crippen molar-refractivity contribution in [3.05, 3.63) is 21.7 Å². The summed E-state index contributed by atoms with van der Waals surface area (Å²) in [5, 5.41) is 0.166. The van der Waals surface area contributed by atoms with Gasteiger partial charge >= 0.3 is 0 Å². The summed E-state index contributed by atoms with van der Waals surface area (Å²) < 4.78 is 0. The predicted molar refractivity (Wildman–Crippen MR) is 70.9 cm³/mol. The monoisotopic (exact) mass is 258 g/mol. The van der Waals surface area contributed by atoms with E-state index in [2.05, 4.69) is 14.9 Å². The van der Waals surface area contributed by atoms with Gasteiger partial charge in [0.1, 0.15) is 5.02 Å². The van der Waals surface area contributed by atoms with E-state index in [0.29, 0.717) is 5.82 Å². The van der Waals surface area contributed by atoms with Crippen molar-refractivity contribution in [2.75, 3.05) is 38.6 Å². The highest BCUT2D eigenvalue weighted by Gasteiger charge is 2.12. The minimum absolute atomic E-state index is 0.166. The summed E-state index contributed by atoms with van der Waals surface area (Å²) in [6, 6.07) is 0. The van der Waals surface area contributed by atoms with Crippen molar-refractivity contribution in [1.82, 2.24) is 14.9 Å². The molecule has 1 heterocycles.